The standard InChI is InChI=1S/C19H18N2/c1-3-7-16(8-4-1)15-21-19(17-9-5-2-6-10-17)18-11-13-20-14-12-18/h1-14,19,21H,15H2. The first-order valence-corrected chi connectivity index (χ1v) is 7.15. The van der Waals surface area contributed by atoms with Gasteiger partial charge >= 0.3 is 0 Å². The zero-order valence-corrected chi connectivity index (χ0v) is 11.8. The van der Waals surface area contributed by atoms with E-state index in [0.717, 1.165) is 6.54 Å². The monoisotopic (exact) mass is 274 g/mol. The molecule has 0 aliphatic carbocycles. The highest BCUT2D eigenvalue weighted by Crippen LogP contribution is 2.21. The van der Waals surface area contributed by atoms with E-state index in [-0.39, 0.29) is 6.04 Å². The lowest BCUT2D eigenvalue weighted by molar-refractivity contribution is 0.604. The molecule has 1 atom stereocenters. The molecule has 0 spiro atoms. The van der Waals surface area contributed by atoms with Gasteiger partial charge in [-0.15, -0.1) is 0 Å². The van der Waals surface area contributed by atoms with Gasteiger partial charge in [-0.3, -0.25) is 4.98 Å². The number of hydrogen-bond donors (Lipinski definition) is 1. The highest BCUT2D eigenvalue weighted by molar-refractivity contribution is 5.30. The lowest BCUT2D eigenvalue weighted by Crippen LogP contribution is -2.22. The summed E-state index contributed by atoms with van der Waals surface area (Å²) < 4.78 is 0. The molecular formula is C19H18N2. The lowest BCUT2D eigenvalue weighted by Gasteiger charge is -2.20. The molecule has 0 saturated carbocycles. The first-order valence-electron chi connectivity index (χ1n) is 7.15. The second kappa shape index (κ2) is 6.82. The molecule has 0 radical (unpaired) electrons. The van der Waals surface area contributed by atoms with Gasteiger partial charge in [-0.1, -0.05) is 60.7 Å². The van der Waals surface area contributed by atoms with E-state index in [1.54, 1.807) is 0 Å². The van der Waals surface area contributed by atoms with Crippen LogP contribution in [-0.4, -0.2) is 4.98 Å². The van der Waals surface area contributed by atoms with Crippen LogP contribution in [0.4, 0.5) is 0 Å². The Kier molecular flexibility index (Phi) is 4.39. The van der Waals surface area contributed by atoms with Crippen LogP contribution in [0.1, 0.15) is 22.7 Å². The van der Waals surface area contributed by atoms with Gasteiger partial charge in [0.05, 0.1) is 6.04 Å². The Labute approximate surface area is 125 Å². The summed E-state index contributed by atoms with van der Waals surface area (Å²) in [6.07, 6.45) is 3.69. The van der Waals surface area contributed by atoms with E-state index in [1.807, 2.05) is 24.5 Å². The van der Waals surface area contributed by atoms with Gasteiger partial charge in [0.25, 0.3) is 0 Å². The molecule has 0 amide bonds. The average Bonchev–Trinajstić information content (AvgIpc) is 2.58. The SMILES string of the molecule is c1ccc(CNC(c2ccccc2)c2ccncc2)cc1. The maximum atomic E-state index is 4.11. The largest absolute Gasteiger partial charge is 0.302 e. The van der Waals surface area contributed by atoms with Crippen LogP contribution < -0.4 is 5.32 Å². The van der Waals surface area contributed by atoms with Gasteiger partial charge in [-0.2, -0.15) is 0 Å². The van der Waals surface area contributed by atoms with E-state index >= 15 is 0 Å². The Bertz CT molecular complexity index is 611. The minimum Gasteiger partial charge on any atom is -0.302 e. The molecule has 1 unspecified atom stereocenters. The summed E-state index contributed by atoms with van der Waals surface area (Å²) in [6.45, 7) is 0.836. The smallest absolute Gasteiger partial charge is 0.0580 e. The summed E-state index contributed by atoms with van der Waals surface area (Å²) in [7, 11) is 0. The van der Waals surface area contributed by atoms with Crippen molar-refractivity contribution in [3.05, 3.63) is 102 Å². The maximum Gasteiger partial charge on any atom is 0.0580 e. The van der Waals surface area contributed by atoms with Crippen molar-refractivity contribution >= 4 is 0 Å². The second-order valence-electron chi connectivity index (χ2n) is 4.99. The van der Waals surface area contributed by atoms with Gasteiger partial charge in [-0.25, -0.2) is 0 Å². The zero-order valence-electron chi connectivity index (χ0n) is 11.8. The van der Waals surface area contributed by atoms with Crippen LogP contribution in [0, 0.1) is 0 Å². The molecule has 2 heteroatoms. The van der Waals surface area contributed by atoms with Crippen LogP contribution in [0.3, 0.4) is 0 Å². The third-order valence-corrected chi connectivity index (χ3v) is 3.53. The van der Waals surface area contributed by atoms with E-state index < -0.39 is 0 Å². The Morgan fingerprint density at radius 3 is 1.95 bits per heavy atom. The van der Waals surface area contributed by atoms with E-state index in [0.29, 0.717) is 0 Å². The average molecular weight is 274 g/mol. The van der Waals surface area contributed by atoms with E-state index in [1.165, 1.54) is 16.7 Å². The van der Waals surface area contributed by atoms with Crippen molar-refractivity contribution in [2.24, 2.45) is 0 Å². The quantitative estimate of drug-likeness (QED) is 0.761. The second-order valence-corrected chi connectivity index (χ2v) is 4.99. The van der Waals surface area contributed by atoms with Gasteiger partial charge in [0, 0.05) is 18.9 Å². The molecule has 2 aromatic carbocycles. The molecule has 0 bridgehead atoms. The van der Waals surface area contributed by atoms with Crippen LogP contribution in [0.15, 0.2) is 85.2 Å². The number of hydrogen-bond acceptors (Lipinski definition) is 2. The lowest BCUT2D eigenvalue weighted by atomic mass is 9.99. The Morgan fingerprint density at radius 2 is 1.29 bits per heavy atom. The van der Waals surface area contributed by atoms with Gasteiger partial charge in [0.2, 0.25) is 0 Å². The zero-order chi connectivity index (χ0) is 14.3. The summed E-state index contributed by atoms with van der Waals surface area (Å²) in [5.74, 6) is 0. The molecule has 21 heavy (non-hydrogen) atoms. The molecular weight excluding hydrogens is 256 g/mol. The van der Waals surface area contributed by atoms with Crippen molar-refractivity contribution < 1.29 is 0 Å². The number of nitrogens with one attached hydrogen (secondary N) is 1. The molecule has 1 N–H and O–H groups in total. The molecule has 1 heterocycles. The number of nitrogens with zero attached hydrogens (tertiary/aromatic N) is 1. The third-order valence-electron chi connectivity index (χ3n) is 3.53. The van der Waals surface area contributed by atoms with Crippen LogP contribution >= 0.6 is 0 Å². The molecule has 1 aromatic heterocycles. The fourth-order valence-electron chi connectivity index (χ4n) is 2.45. The van der Waals surface area contributed by atoms with E-state index in [2.05, 4.69) is 71.0 Å². The summed E-state index contributed by atoms with van der Waals surface area (Å²) in [5, 5.41) is 3.64. The topological polar surface area (TPSA) is 24.9 Å². The van der Waals surface area contributed by atoms with Gasteiger partial charge in [0.1, 0.15) is 0 Å². The highest BCUT2D eigenvalue weighted by Gasteiger charge is 2.12. The normalized spacial score (nSPS) is 12.0. The van der Waals surface area contributed by atoms with Crippen LogP contribution in [0.5, 0.6) is 0 Å². The Morgan fingerprint density at radius 1 is 0.714 bits per heavy atom. The van der Waals surface area contributed by atoms with E-state index in [4.69, 9.17) is 0 Å². The molecule has 0 aliphatic rings. The van der Waals surface area contributed by atoms with Crippen molar-refractivity contribution in [3.63, 3.8) is 0 Å². The number of pyridine rings is 1. The van der Waals surface area contributed by atoms with Crippen molar-refractivity contribution in [1.29, 1.82) is 0 Å². The van der Waals surface area contributed by atoms with Gasteiger partial charge in [0.15, 0.2) is 0 Å². The summed E-state index contributed by atoms with van der Waals surface area (Å²) >= 11 is 0. The van der Waals surface area contributed by atoms with Gasteiger partial charge < -0.3 is 5.32 Å². The number of benzene rings is 2. The summed E-state index contributed by atoms with van der Waals surface area (Å²) in [4.78, 5) is 4.11. The molecule has 104 valence electrons. The fraction of sp³-hybridized carbons (Fsp3) is 0.105. The molecule has 0 saturated heterocycles. The summed E-state index contributed by atoms with van der Waals surface area (Å²) in [5.41, 5.74) is 3.78. The van der Waals surface area contributed by atoms with E-state index in [9.17, 15) is 0 Å². The minimum atomic E-state index is 0.175. The fourth-order valence-corrected chi connectivity index (χ4v) is 2.45. The predicted octanol–water partition coefficient (Wildman–Crippen LogP) is 3.96. The van der Waals surface area contributed by atoms with Crippen LogP contribution in [-0.2, 0) is 6.54 Å². The first kappa shape index (κ1) is 13.5. The van der Waals surface area contributed by atoms with Crippen molar-refractivity contribution in [3.8, 4) is 0 Å². The Balaban J connectivity index is 1.83. The minimum absolute atomic E-state index is 0.175. The number of rotatable bonds is 5. The predicted molar refractivity (Wildman–Crippen MR) is 85.8 cm³/mol. The molecule has 3 rings (SSSR count). The van der Waals surface area contributed by atoms with Crippen molar-refractivity contribution in [1.82, 2.24) is 10.3 Å². The van der Waals surface area contributed by atoms with Crippen LogP contribution in [0.25, 0.3) is 0 Å². The highest BCUT2D eigenvalue weighted by atomic mass is 14.9. The van der Waals surface area contributed by atoms with Crippen molar-refractivity contribution in [2.45, 2.75) is 12.6 Å². The third kappa shape index (κ3) is 3.56. The molecule has 0 aliphatic heterocycles. The van der Waals surface area contributed by atoms with Crippen LogP contribution in [0.2, 0.25) is 0 Å². The number of aromatic nitrogens is 1. The van der Waals surface area contributed by atoms with Gasteiger partial charge in [-0.05, 0) is 28.8 Å². The Hall–Kier alpha value is -2.45. The van der Waals surface area contributed by atoms with Crippen molar-refractivity contribution in [2.75, 3.05) is 0 Å². The maximum absolute atomic E-state index is 4.11. The molecule has 2 nitrogen and oxygen atoms in total. The molecule has 3 aromatic rings. The summed E-state index contributed by atoms with van der Waals surface area (Å²) in [6, 6.07) is 25.3. The first-order chi connectivity index (χ1) is 10.4. The molecule has 0 fully saturated rings.